The molecule has 1 aromatic rings. The number of nitrogens with one attached hydrogen (secondary N) is 2. The van der Waals surface area contributed by atoms with Gasteiger partial charge in [-0.15, -0.1) is 0 Å². The highest BCUT2D eigenvalue weighted by Crippen LogP contribution is 2.43. The normalized spacial score (nSPS) is 29.2. The number of methoxy groups -OCH3 is 1. The number of rotatable bonds is 1. The lowest BCUT2D eigenvalue weighted by atomic mass is 9.87. The van der Waals surface area contributed by atoms with Gasteiger partial charge in [-0.3, -0.25) is 14.9 Å². The first-order valence-electron chi connectivity index (χ1n) is 5.91. The molecule has 0 aromatic heterocycles. The Morgan fingerprint density at radius 1 is 1.44 bits per heavy atom. The number of carbonyl (C=O) groups is 2. The van der Waals surface area contributed by atoms with E-state index in [2.05, 4.69) is 10.6 Å². The van der Waals surface area contributed by atoms with E-state index in [0.29, 0.717) is 13.0 Å². The molecule has 5 heteroatoms. The lowest BCUT2D eigenvalue weighted by Gasteiger charge is -2.21. The zero-order chi connectivity index (χ0) is 12.8. The van der Waals surface area contributed by atoms with E-state index in [9.17, 15) is 9.59 Å². The molecule has 0 unspecified atom stereocenters. The maximum Gasteiger partial charge on any atom is 0.310 e. The van der Waals surface area contributed by atoms with E-state index in [1.807, 2.05) is 24.3 Å². The Hall–Kier alpha value is -1.88. The number of hydrogen-bond donors (Lipinski definition) is 2. The van der Waals surface area contributed by atoms with E-state index in [-0.39, 0.29) is 17.8 Å². The molecule has 1 aromatic carbocycles. The van der Waals surface area contributed by atoms with Gasteiger partial charge in [0.15, 0.2) is 0 Å². The predicted octanol–water partition coefficient (Wildman–Crippen LogP) is 0.616. The van der Waals surface area contributed by atoms with E-state index in [1.54, 1.807) is 0 Å². The molecular formula is C13H14N2O3. The molecule has 0 bridgehead atoms. The van der Waals surface area contributed by atoms with Crippen molar-refractivity contribution in [2.75, 3.05) is 19.0 Å². The van der Waals surface area contributed by atoms with Crippen molar-refractivity contribution in [3.05, 3.63) is 29.8 Å². The summed E-state index contributed by atoms with van der Waals surface area (Å²) in [6, 6.07) is 7.56. The van der Waals surface area contributed by atoms with Crippen LogP contribution in [0.3, 0.4) is 0 Å². The molecule has 2 aliphatic heterocycles. The van der Waals surface area contributed by atoms with Gasteiger partial charge in [0.05, 0.1) is 13.0 Å². The first-order chi connectivity index (χ1) is 8.67. The maximum absolute atomic E-state index is 12.2. The lowest BCUT2D eigenvalue weighted by molar-refractivity contribution is -0.144. The van der Waals surface area contributed by atoms with Crippen LogP contribution in [-0.4, -0.2) is 25.5 Å². The Kier molecular flexibility index (Phi) is 2.38. The van der Waals surface area contributed by atoms with E-state index >= 15 is 0 Å². The van der Waals surface area contributed by atoms with Crippen LogP contribution in [0.25, 0.3) is 0 Å². The number of amides is 1. The number of hydrogen-bond acceptors (Lipinski definition) is 4. The molecule has 2 heterocycles. The quantitative estimate of drug-likeness (QED) is 0.713. The molecule has 2 N–H and O–H groups in total. The third kappa shape index (κ3) is 1.37. The van der Waals surface area contributed by atoms with Crippen LogP contribution < -0.4 is 10.6 Å². The number of para-hydroxylation sites is 1. The Labute approximate surface area is 105 Å². The van der Waals surface area contributed by atoms with Gasteiger partial charge in [0, 0.05) is 17.8 Å². The van der Waals surface area contributed by atoms with Crippen molar-refractivity contribution in [2.45, 2.75) is 12.0 Å². The summed E-state index contributed by atoms with van der Waals surface area (Å²) in [6.07, 6.45) is 0.447. The Balaban J connectivity index is 1.97. The average molecular weight is 246 g/mol. The van der Waals surface area contributed by atoms with Crippen LogP contribution in [-0.2, 0) is 19.9 Å². The molecule has 1 spiro atoms. The molecule has 5 nitrogen and oxygen atoms in total. The molecule has 94 valence electrons. The summed E-state index contributed by atoms with van der Waals surface area (Å²) in [6.45, 7) is 0.467. The minimum absolute atomic E-state index is 0.0879. The molecule has 1 saturated heterocycles. The third-order valence-corrected chi connectivity index (χ3v) is 3.76. The van der Waals surface area contributed by atoms with Gasteiger partial charge >= 0.3 is 5.97 Å². The number of fused-ring (bicyclic) bond motifs is 2. The summed E-state index contributed by atoms with van der Waals surface area (Å²) in [5.74, 6) is -0.626. The molecule has 0 aliphatic carbocycles. The van der Waals surface area contributed by atoms with Crippen molar-refractivity contribution in [1.82, 2.24) is 5.32 Å². The van der Waals surface area contributed by atoms with Crippen LogP contribution >= 0.6 is 0 Å². The maximum atomic E-state index is 12.2. The zero-order valence-corrected chi connectivity index (χ0v) is 10.0. The van der Waals surface area contributed by atoms with Crippen molar-refractivity contribution < 1.29 is 14.3 Å². The van der Waals surface area contributed by atoms with Crippen LogP contribution in [0.4, 0.5) is 5.69 Å². The second kappa shape index (κ2) is 3.81. The summed E-state index contributed by atoms with van der Waals surface area (Å²) in [5.41, 5.74) is 0.969. The van der Waals surface area contributed by atoms with Crippen LogP contribution in [0, 0.1) is 5.92 Å². The molecule has 0 saturated carbocycles. The van der Waals surface area contributed by atoms with Gasteiger partial charge in [0.2, 0.25) is 5.91 Å². The van der Waals surface area contributed by atoms with Crippen molar-refractivity contribution in [1.29, 1.82) is 0 Å². The number of ether oxygens (including phenoxy) is 1. The van der Waals surface area contributed by atoms with E-state index < -0.39 is 5.54 Å². The number of benzene rings is 1. The molecular weight excluding hydrogens is 232 g/mol. The van der Waals surface area contributed by atoms with Crippen molar-refractivity contribution >= 4 is 17.6 Å². The number of carbonyl (C=O) groups excluding carboxylic acids is 2. The fraction of sp³-hybridized carbons (Fsp3) is 0.385. The van der Waals surface area contributed by atoms with E-state index in [4.69, 9.17) is 4.74 Å². The zero-order valence-electron chi connectivity index (χ0n) is 10.0. The van der Waals surface area contributed by atoms with Crippen molar-refractivity contribution in [2.24, 2.45) is 5.92 Å². The van der Waals surface area contributed by atoms with Crippen LogP contribution in [0.2, 0.25) is 0 Å². The summed E-state index contributed by atoms with van der Waals surface area (Å²) < 4.78 is 4.75. The first kappa shape index (κ1) is 11.2. The molecule has 2 atom stereocenters. The highest BCUT2D eigenvalue weighted by Gasteiger charge is 2.53. The van der Waals surface area contributed by atoms with E-state index in [0.717, 1.165) is 11.3 Å². The van der Waals surface area contributed by atoms with Gasteiger partial charge in [-0.25, -0.2) is 0 Å². The largest absolute Gasteiger partial charge is 0.469 e. The molecule has 3 rings (SSSR count). The van der Waals surface area contributed by atoms with E-state index in [1.165, 1.54) is 7.11 Å². The number of anilines is 1. The molecule has 2 aliphatic rings. The second-order valence-electron chi connectivity index (χ2n) is 4.71. The van der Waals surface area contributed by atoms with Gasteiger partial charge in [-0.1, -0.05) is 18.2 Å². The van der Waals surface area contributed by atoms with Crippen LogP contribution in [0.1, 0.15) is 12.0 Å². The molecule has 0 radical (unpaired) electrons. The van der Waals surface area contributed by atoms with Crippen LogP contribution in [0.15, 0.2) is 24.3 Å². The van der Waals surface area contributed by atoms with Gasteiger partial charge < -0.3 is 10.1 Å². The smallest absolute Gasteiger partial charge is 0.310 e. The Bertz CT molecular complexity index is 529. The monoisotopic (exact) mass is 246 g/mol. The highest BCUT2D eigenvalue weighted by molar-refractivity contribution is 6.06. The number of esters is 1. The Morgan fingerprint density at radius 3 is 3.00 bits per heavy atom. The van der Waals surface area contributed by atoms with Gasteiger partial charge in [0.1, 0.15) is 5.54 Å². The van der Waals surface area contributed by atoms with Gasteiger partial charge in [-0.05, 0) is 12.5 Å². The molecule has 1 amide bonds. The average Bonchev–Trinajstić information content (AvgIpc) is 2.94. The fourth-order valence-corrected chi connectivity index (χ4v) is 2.84. The summed E-state index contributed by atoms with van der Waals surface area (Å²) >= 11 is 0. The summed E-state index contributed by atoms with van der Waals surface area (Å²) in [7, 11) is 1.37. The molecule has 18 heavy (non-hydrogen) atoms. The minimum atomic E-state index is -0.768. The standard InChI is InChI=1S/C13H14N2O3/c1-18-11(16)8-6-13(14-7-8)9-4-2-3-5-10(9)15-12(13)17/h2-5,8,14H,6-7H2,1H3,(H,15,17)/t8-,13+/m1/s1. The summed E-state index contributed by atoms with van der Waals surface area (Å²) in [4.78, 5) is 23.8. The first-order valence-corrected chi connectivity index (χ1v) is 5.91. The Morgan fingerprint density at radius 2 is 2.22 bits per heavy atom. The van der Waals surface area contributed by atoms with Crippen LogP contribution in [0.5, 0.6) is 0 Å². The summed E-state index contributed by atoms with van der Waals surface area (Å²) in [5, 5.41) is 6.04. The van der Waals surface area contributed by atoms with Crippen molar-refractivity contribution in [3.63, 3.8) is 0 Å². The van der Waals surface area contributed by atoms with Gasteiger partial charge in [-0.2, -0.15) is 0 Å². The highest BCUT2D eigenvalue weighted by atomic mass is 16.5. The molecule has 1 fully saturated rings. The fourth-order valence-electron chi connectivity index (χ4n) is 2.84. The SMILES string of the molecule is COC(=O)[C@H]1CN[C@]2(C1)C(=O)Nc1ccccc12. The third-order valence-electron chi connectivity index (χ3n) is 3.76. The lowest BCUT2D eigenvalue weighted by Crippen LogP contribution is -2.43. The topological polar surface area (TPSA) is 67.4 Å². The predicted molar refractivity (Wildman–Crippen MR) is 64.9 cm³/mol. The minimum Gasteiger partial charge on any atom is -0.469 e. The van der Waals surface area contributed by atoms with Crippen molar-refractivity contribution in [3.8, 4) is 0 Å². The van der Waals surface area contributed by atoms with Gasteiger partial charge in [0.25, 0.3) is 0 Å². The second-order valence-corrected chi connectivity index (χ2v) is 4.71.